The van der Waals surface area contributed by atoms with Crippen LogP contribution in [0.1, 0.15) is 23.3 Å². The molecular formula is C24H20FN3O2S2. The summed E-state index contributed by atoms with van der Waals surface area (Å²) in [4.78, 5) is 32.9. The Hall–Kier alpha value is -2.97. The number of thioether (sulfide) groups is 1. The van der Waals surface area contributed by atoms with Gasteiger partial charge in [0.15, 0.2) is 5.16 Å². The van der Waals surface area contributed by atoms with Gasteiger partial charge in [-0.25, -0.2) is 9.37 Å². The SMILES string of the molecule is O=C(CSc1nc2sc3c(c2c(=O)n1-c1ccccc1)CCCC3)Nc1ccc(F)cc1. The number of nitrogens with zero attached hydrogens (tertiary/aromatic N) is 2. The van der Waals surface area contributed by atoms with E-state index in [-0.39, 0.29) is 23.0 Å². The number of nitrogens with one attached hydrogen (secondary N) is 1. The van der Waals surface area contributed by atoms with Crippen molar-refractivity contribution >= 4 is 44.9 Å². The van der Waals surface area contributed by atoms with Crippen LogP contribution in [0.15, 0.2) is 64.5 Å². The third-order valence-corrected chi connectivity index (χ3v) is 7.56. The number of para-hydroxylation sites is 1. The minimum atomic E-state index is -0.361. The summed E-state index contributed by atoms with van der Waals surface area (Å²) in [6, 6.07) is 15.0. The fourth-order valence-corrected chi connectivity index (χ4v) is 6.06. The molecule has 0 saturated carbocycles. The number of benzene rings is 2. The van der Waals surface area contributed by atoms with Crippen LogP contribution in [-0.4, -0.2) is 21.2 Å². The Morgan fingerprint density at radius 3 is 2.62 bits per heavy atom. The maximum Gasteiger partial charge on any atom is 0.267 e. The van der Waals surface area contributed by atoms with E-state index in [1.165, 1.54) is 40.9 Å². The van der Waals surface area contributed by atoms with Crippen LogP contribution < -0.4 is 10.9 Å². The van der Waals surface area contributed by atoms with Gasteiger partial charge < -0.3 is 5.32 Å². The lowest BCUT2D eigenvalue weighted by molar-refractivity contribution is -0.113. The Labute approximate surface area is 192 Å². The molecule has 4 aromatic rings. The molecule has 2 aromatic carbocycles. The smallest absolute Gasteiger partial charge is 0.267 e. The molecule has 1 amide bonds. The molecule has 0 unspecified atom stereocenters. The summed E-state index contributed by atoms with van der Waals surface area (Å²) in [7, 11) is 0. The molecule has 1 aliphatic rings. The maximum atomic E-state index is 13.6. The van der Waals surface area contributed by atoms with Gasteiger partial charge in [-0.2, -0.15) is 0 Å². The maximum absolute atomic E-state index is 13.6. The molecule has 1 N–H and O–H groups in total. The molecule has 8 heteroatoms. The minimum absolute atomic E-state index is 0.0766. The summed E-state index contributed by atoms with van der Waals surface area (Å²) in [6.45, 7) is 0. The summed E-state index contributed by atoms with van der Waals surface area (Å²) in [5, 5.41) is 3.96. The molecule has 1 aliphatic carbocycles. The second-order valence-corrected chi connectivity index (χ2v) is 9.63. The third-order valence-electron chi connectivity index (χ3n) is 5.43. The van der Waals surface area contributed by atoms with E-state index in [2.05, 4.69) is 5.32 Å². The van der Waals surface area contributed by atoms with Gasteiger partial charge in [-0.3, -0.25) is 14.2 Å². The number of thiophene rings is 1. The van der Waals surface area contributed by atoms with Crippen LogP contribution in [-0.2, 0) is 17.6 Å². The van der Waals surface area contributed by atoms with Crippen LogP contribution >= 0.6 is 23.1 Å². The normalized spacial score (nSPS) is 13.2. The van der Waals surface area contributed by atoms with E-state index in [4.69, 9.17) is 4.98 Å². The predicted octanol–water partition coefficient (Wildman–Crippen LogP) is 5.20. The second-order valence-electron chi connectivity index (χ2n) is 7.61. The van der Waals surface area contributed by atoms with Crippen molar-refractivity contribution in [3.05, 3.63) is 81.2 Å². The zero-order valence-electron chi connectivity index (χ0n) is 17.1. The lowest BCUT2D eigenvalue weighted by Crippen LogP contribution is -2.23. The number of carbonyl (C=O) groups is 1. The number of amides is 1. The summed E-state index contributed by atoms with van der Waals surface area (Å²) in [5.74, 6) is -0.533. The van der Waals surface area contributed by atoms with E-state index in [9.17, 15) is 14.0 Å². The average molecular weight is 466 g/mol. The first-order valence-corrected chi connectivity index (χ1v) is 12.2. The Balaban J connectivity index is 1.50. The second kappa shape index (κ2) is 8.88. The number of aryl methyl sites for hydroxylation is 2. The Kier molecular flexibility index (Phi) is 5.80. The number of hydrogen-bond acceptors (Lipinski definition) is 5. The van der Waals surface area contributed by atoms with E-state index in [1.54, 1.807) is 15.9 Å². The van der Waals surface area contributed by atoms with Crippen LogP contribution in [0.25, 0.3) is 15.9 Å². The van der Waals surface area contributed by atoms with Crippen molar-refractivity contribution in [3.8, 4) is 5.69 Å². The first-order chi connectivity index (χ1) is 15.6. The van der Waals surface area contributed by atoms with E-state index >= 15 is 0 Å². The van der Waals surface area contributed by atoms with Crippen molar-refractivity contribution in [2.45, 2.75) is 30.8 Å². The van der Waals surface area contributed by atoms with Crippen molar-refractivity contribution < 1.29 is 9.18 Å². The van der Waals surface area contributed by atoms with Crippen molar-refractivity contribution in [2.24, 2.45) is 0 Å². The minimum Gasteiger partial charge on any atom is -0.325 e. The third kappa shape index (κ3) is 4.08. The number of carbonyl (C=O) groups excluding carboxylic acids is 1. The molecule has 2 aromatic heterocycles. The zero-order chi connectivity index (χ0) is 22.1. The number of fused-ring (bicyclic) bond motifs is 3. The number of halogens is 1. The topological polar surface area (TPSA) is 64.0 Å². The van der Waals surface area contributed by atoms with Crippen molar-refractivity contribution in [1.29, 1.82) is 0 Å². The molecule has 2 heterocycles. The molecule has 162 valence electrons. The highest BCUT2D eigenvalue weighted by Gasteiger charge is 2.23. The average Bonchev–Trinajstić information content (AvgIpc) is 3.18. The highest BCUT2D eigenvalue weighted by atomic mass is 32.2. The highest BCUT2D eigenvalue weighted by molar-refractivity contribution is 7.99. The fraction of sp³-hybridized carbons (Fsp3) is 0.208. The molecule has 5 rings (SSSR count). The summed E-state index contributed by atoms with van der Waals surface area (Å²) < 4.78 is 14.7. The number of aromatic nitrogens is 2. The number of hydrogen-bond donors (Lipinski definition) is 1. The summed E-state index contributed by atoms with van der Waals surface area (Å²) in [5.41, 5.74) is 2.31. The van der Waals surface area contributed by atoms with Gasteiger partial charge >= 0.3 is 0 Å². The Morgan fingerprint density at radius 1 is 1.09 bits per heavy atom. The molecule has 0 fully saturated rings. The molecule has 0 bridgehead atoms. The van der Waals surface area contributed by atoms with Gasteiger partial charge in [0.05, 0.1) is 16.8 Å². The molecule has 0 radical (unpaired) electrons. The van der Waals surface area contributed by atoms with Crippen molar-refractivity contribution in [2.75, 3.05) is 11.1 Å². The molecule has 0 aliphatic heterocycles. The van der Waals surface area contributed by atoms with Gasteiger partial charge in [-0.1, -0.05) is 30.0 Å². The lowest BCUT2D eigenvalue weighted by Gasteiger charge is -2.13. The number of anilines is 1. The molecule has 0 saturated heterocycles. The van der Waals surface area contributed by atoms with Gasteiger partial charge in [-0.15, -0.1) is 11.3 Å². The molecule has 32 heavy (non-hydrogen) atoms. The molecule has 5 nitrogen and oxygen atoms in total. The van der Waals surface area contributed by atoms with Crippen LogP contribution in [0, 0.1) is 5.82 Å². The van der Waals surface area contributed by atoms with Gasteiger partial charge in [0.2, 0.25) is 5.91 Å². The monoisotopic (exact) mass is 465 g/mol. The Morgan fingerprint density at radius 2 is 1.84 bits per heavy atom. The van der Waals surface area contributed by atoms with Crippen LogP contribution in [0.2, 0.25) is 0 Å². The first kappa shape index (κ1) is 20.9. The van der Waals surface area contributed by atoms with Gasteiger partial charge in [0, 0.05) is 10.6 Å². The van der Waals surface area contributed by atoms with E-state index in [1.807, 2.05) is 30.3 Å². The number of rotatable bonds is 5. The predicted molar refractivity (Wildman–Crippen MR) is 128 cm³/mol. The first-order valence-electron chi connectivity index (χ1n) is 10.4. The van der Waals surface area contributed by atoms with Gasteiger partial charge in [0.25, 0.3) is 5.56 Å². The van der Waals surface area contributed by atoms with Crippen LogP contribution in [0.5, 0.6) is 0 Å². The molecule has 0 atom stereocenters. The van der Waals surface area contributed by atoms with Crippen LogP contribution in [0.4, 0.5) is 10.1 Å². The largest absolute Gasteiger partial charge is 0.325 e. The fourth-order valence-electron chi connectivity index (χ4n) is 3.95. The molecule has 0 spiro atoms. The van der Waals surface area contributed by atoms with E-state index < -0.39 is 0 Å². The van der Waals surface area contributed by atoms with Gasteiger partial charge in [0.1, 0.15) is 10.6 Å². The summed E-state index contributed by atoms with van der Waals surface area (Å²) >= 11 is 2.82. The summed E-state index contributed by atoms with van der Waals surface area (Å²) in [6.07, 6.45) is 4.12. The van der Waals surface area contributed by atoms with Crippen molar-refractivity contribution in [3.63, 3.8) is 0 Å². The van der Waals surface area contributed by atoms with Crippen molar-refractivity contribution in [1.82, 2.24) is 9.55 Å². The van der Waals surface area contributed by atoms with E-state index in [0.29, 0.717) is 16.2 Å². The van der Waals surface area contributed by atoms with Gasteiger partial charge in [-0.05, 0) is 67.6 Å². The van der Waals surface area contributed by atoms with E-state index in [0.717, 1.165) is 41.8 Å². The highest BCUT2D eigenvalue weighted by Crippen LogP contribution is 2.35. The quantitative estimate of drug-likeness (QED) is 0.325. The van der Waals surface area contributed by atoms with Crippen LogP contribution in [0.3, 0.4) is 0 Å². The Bertz CT molecular complexity index is 1350. The lowest BCUT2D eigenvalue weighted by atomic mass is 9.97. The zero-order valence-corrected chi connectivity index (χ0v) is 18.8. The molecular weight excluding hydrogens is 445 g/mol. The standard InChI is InChI=1S/C24H20FN3O2S2/c25-15-10-12-16(13-11-15)26-20(29)14-31-24-27-22-21(18-8-4-5-9-19(18)32-22)23(30)28(24)17-6-2-1-3-7-17/h1-3,6-7,10-13H,4-5,8-9,14H2,(H,26,29).